The van der Waals surface area contributed by atoms with Gasteiger partial charge in [0.2, 0.25) is 0 Å². The Bertz CT molecular complexity index is 19.2. The Kier molecular flexibility index (Phi) is 35.4. The van der Waals surface area contributed by atoms with Gasteiger partial charge in [0.05, 0.1) is 0 Å². The minimum atomic E-state index is 0. The van der Waals surface area contributed by atoms with Crippen LogP contribution in [0.2, 0.25) is 0 Å². The van der Waals surface area contributed by atoms with E-state index in [1.54, 1.807) is 0 Å². The molecular weight excluding hydrogens is 151 g/mol. The molecule has 0 radical (unpaired) electrons. The van der Waals surface area contributed by atoms with Crippen molar-refractivity contribution in [1.82, 2.24) is 0 Å². The van der Waals surface area contributed by atoms with E-state index in [2.05, 4.69) is 6.92 Å². The van der Waals surface area contributed by atoms with Gasteiger partial charge in [-0.05, 0) is 6.42 Å². The monoisotopic (exact) mass is 161 g/mol. The van der Waals surface area contributed by atoms with Crippen LogP contribution in [0.1, 0.15) is 19.8 Å². The molecule has 0 aliphatic rings. The molecule has 0 fully saturated rings. The summed E-state index contributed by atoms with van der Waals surface area (Å²) >= 11 is 0. The van der Waals surface area contributed by atoms with Gasteiger partial charge < -0.3 is 17.5 Å². The molecule has 0 unspecified atom stereocenters. The second kappa shape index (κ2) is 15.9. The van der Waals surface area contributed by atoms with Crippen LogP contribution >= 0.6 is 0 Å². The van der Waals surface area contributed by atoms with Gasteiger partial charge in [-0.1, -0.05) is 13.3 Å². The molecule has 0 bridgehead atoms. The Labute approximate surface area is 61.7 Å². The fraction of sp³-hybridized carbons (Fsp3) is 1.00. The summed E-state index contributed by atoms with van der Waals surface area (Å²) < 4.78 is 0. The van der Waals surface area contributed by atoms with Gasteiger partial charge in [-0.2, -0.15) is 0 Å². The first kappa shape index (κ1) is 15.7. The normalized spacial score (nSPS) is 6.00. The van der Waals surface area contributed by atoms with E-state index in [1.807, 2.05) is 0 Å². The Morgan fingerprint density at radius 1 is 1.43 bits per heavy atom. The van der Waals surface area contributed by atoms with Gasteiger partial charge in [-0.15, -0.1) is 0 Å². The van der Waals surface area contributed by atoms with Gasteiger partial charge >= 0.3 is 0 Å². The molecule has 0 aliphatic heterocycles. The quantitative estimate of drug-likeness (QED) is 0.487. The molecule has 7 heavy (non-hydrogen) atoms. The third-order valence-electron chi connectivity index (χ3n) is 0.512. The number of unbranched alkanes of at least 4 members (excludes halogenated alkanes) is 1. The average molecular weight is 162 g/mol. The van der Waals surface area contributed by atoms with Gasteiger partial charge in [-0.3, -0.25) is 0 Å². The fourth-order valence-electron chi connectivity index (χ4n) is 0.158. The molecule has 0 amide bonds. The van der Waals surface area contributed by atoms with Crippen LogP contribution < -0.4 is 12.4 Å². The third-order valence-corrected chi connectivity index (χ3v) is 0.512. The Morgan fingerprint density at radius 3 is 1.86 bits per heavy atom. The molecule has 0 aliphatic carbocycles. The van der Waals surface area contributed by atoms with Crippen molar-refractivity contribution in [2.45, 2.75) is 19.8 Å². The number of aliphatic hydroxyl groups excluding tert-OH is 1. The van der Waals surface area contributed by atoms with E-state index >= 15 is 0 Å². The third kappa shape index (κ3) is 20.0. The predicted octanol–water partition coefficient (Wildman–Crippen LogP) is -2.22. The molecule has 0 saturated heterocycles. The molecule has 1 nitrogen and oxygen atoms in total. The minimum Gasteiger partial charge on any atom is -1.00 e. The first-order chi connectivity index (χ1) is 2.41. The maximum absolute atomic E-state index is 8.07. The number of rotatable bonds is 2. The molecule has 0 atom stereocenters. The number of aliphatic hydroxyl groups is 1. The van der Waals surface area contributed by atoms with E-state index in [9.17, 15) is 0 Å². The van der Waals surface area contributed by atoms with Crippen molar-refractivity contribution in [2.24, 2.45) is 0 Å². The Balaban J connectivity index is -0.0000000800. The molecule has 3 heteroatoms. The molecule has 0 aromatic rings. The van der Waals surface area contributed by atoms with E-state index in [0.29, 0.717) is 6.61 Å². The van der Waals surface area contributed by atoms with Gasteiger partial charge in [0.1, 0.15) is 0 Å². The summed E-state index contributed by atoms with van der Waals surface area (Å²) in [4.78, 5) is 0. The van der Waals surface area contributed by atoms with E-state index in [0.717, 1.165) is 12.8 Å². The summed E-state index contributed by atoms with van der Waals surface area (Å²) in [5.41, 5.74) is 0. The van der Waals surface area contributed by atoms with Crippen molar-refractivity contribution in [3.63, 3.8) is 0 Å². The first-order valence-corrected chi connectivity index (χ1v) is 2.02. The van der Waals surface area contributed by atoms with Gasteiger partial charge in [0.25, 0.3) is 0 Å². The first-order valence-electron chi connectivity index (χ1n) is 2.02. The zero-order valence-corrected chi connectivity index (χ0v) is 6.39. The molecule has 0 saturated carbocycles. The summed E-state index contributed by atoms with van der Waals surface area (Å²) in [7, 11) is 0. The van der Waals surface area contributed by atoms with Crippen molar-refractivity contribution in [3.8, 4) is 0 Å². The molecule has 0 aromatic carbocycles. The summed E-state index contributed by atoms with van der Waals surface area (Å²) in [5.74, 6) is 0. The fourth-order valence-corrected chi connectivity index (χ4v) is 0.158. The van der Waals surface area contributed by atoms with Crippen LogP contribution in [0, 0.1) is 0 Å². The number of halogens is 1. The summed E-state index contributed by atoms with van der Waals surface area (Å²) in [5, 5.41) is 8.07. The largest absolute Gasteiger partial charge is 1.00 e. The zero-order chi connectivity index (χ0) is 4.12. The summed E-state index contributed by atoms with van der Waals surface area (Å²) in [6.45, 7) is 2.40. The molecule has 1 N–H and O–H groups in total. The van der Waals surface area contributed by atoms with Crippen molar-refractivity contribution >= 4 is 0 Å². The van der Waals surface area contributed by atoms with Gasteiger partial charge in [0, 0.05) is 24.0 Å². The van der Waals surface area contributed by atoms with E-state index < -0.39 is 0 Å². The molecule has 0 spiro atoms. The standard InChI is InChI=1S/C4H10O.ClH.Cr/c1-2-3-4-5;;/h5H,2-4H2,1H3;1H;/p-1. The van der Waals surface area contributed by atoms with Crippen LogP contribution in [0.5, 0.6) is 0 Å². The number of hydrogen-bond acceptors (Lipinski definition) is 1. The van der Waals surface area contributed by atoms with Crippen LogP contribution in [-0.4, -0.2) is 11.7 Å². The van der Waals surface area contributed by atoms with Crippen LogP contribution in [-0.2, 0) is 17.4 Å². The summed E-state index contributed by atoms with van der Waals surface area (Å²) in [6.07, 6.45) is 2.04. The van der Waals surface area contributed by atoms with Crippen molar-refractivity contribution in [1.29, 1.82) is 0 Å². The maximum Gasteiger partial charge on any atom is 0.0430 e. The van der Waals surface area contributed by atoms with E-state index in [4.69, 9.17) is 5.11 Å². The minimum absolute atomic E-state index is 0. The van der Waals surface area contributed by atoms with Crippen molar-refractivity contribution < 1.29 is 34.9 Å². The predicted molar refractivity (Wildman–Crippen MR) is 22.0 cm³/mol. The smallest absolute Gasteiger partial charge is 0.0430 e. The van der Waals surface area contributed by atoms with Crippen LogP contribution in [0.4, 0.5) is 0 Å². The second-order valence-electron chi connectivity index (χ2n) is 1.08. The van der Waals surface area contributed by atoms with Crippen molar-refractivity contribution in [3.05, 3.63) is 0 Å². The van der Waals surface area contributed by atoms with Crippen LogP contribution in [0.25, 0.3) is 0 Å². The zero-order valence-electron chi connectivity index (χ0n) is 4.35. The molecule has 0 rings (SSSR count). The molecular formula is C4H10ClCrO-. The van der Waals surface area contributed by atoms with E-state index in [1.165, 1.54) is 0 Å². The van der Waals surface area contributed by atoms with Crippen LogP contribution in [0.15, 0.2) is 0 Å². The average Bonchev–Trinajstić information content (AvgIpc) is 1.41. The Hall–Kier alpha value is 0.782. The van der Waals surface area contributed by atoms with E-state index in [-0.39, 0.29) is 29.8 Å². The van der Waals surface area contributed by atoms with Gasteiger partial charge in [0.15, 0.2) is 0 Å². The second-order valence-corrected chi connectivity index (χ2v) is 1.08. The van der Waals surface area contributed by atoms with Gasteiger partial charge in [-0.25, -0.2) is 0 Å². The molecule has 46 valence electrons. The molecule has 0 aromatic heterocycles. The maximum atomic E-state index is 8.07. The number of hydrogen-bond donors (Lipinski definition) is 1. The SMILES string of the molecule is CCCCO.[Cl-].[Cr]. The topological polar surface area (TPSA) is 20.2 Å². The Morgan fingerprint density at radius 2 is 1.86 bits per heavy atom. The van der Waals surface area contributed by atoms with Crippen LogP contribution in [0.3, 0.4) is 0 Å². The molecule has 0 heterocycles. The summed E-state index contributed by atoms with van der Waals surface area (Å²) in [6, 6.07) is 0. The van der Waals surface area contributed by atoms with Crippen molar-refractivity contribution in [2.75, 3.05) is 6.61 Å².